The number of nitrogens with two attached hydrogens (primary N) is 1. The number of halogens is 2. The van der Waals surface area contributed by atoms with Gasteiger partial charge in [0.2, 0.25) is 0 Å². The van der Waals surface area contributed by atoms with Gasteiger partial charge in [-0.3, -0.25) is 4.79 Å². The summed E-state index contributed by atoms with van der Waals surface area (Å²) in [5.41, 5.74) is 7.28. The lowest BCUT2D eigenvalue weighted by Crippen LogP contribution is -2.13. The second kappa shape index (κ2) is 6.51. The number of carbonyl (C=O) groups excluding carboxylic acids is 1. The van der Waals surface area contributed by atoms with Gasteiger partial charge in [0.15, 0.2) is 0 Å². The van der Waals surface area contributed by atoms with Gasteiger partial charge >= 0.3 is 0 Å². The molecule has 6 heteroatoms. The molecule has 0 bridgehead atoms. The van der Waals surface area contributed by atoms with Gasteiger partial charge in [-0.1, -0.05) is 23.8 Å². The molecule has 3 N–H and O–H groups in total. The maximum absolute atomic E-state index is 12.1. The first-order valence-electron chi connectivity index (χ1n) is 5.63. The normalized spacial score (nSPS) is 10.1. The van der Waals surface area contributed by atoms with Crippen LogP contribution in [0.3, 0.4) is 0 Å². The molecule has 0 radical (unpaired) electrons. The van der Waals surface area contributed by atoms with E-state index >= 15 is 0 Å². The highest BCUT2D eigenvalue weighted by Crippen LogP contribution is 2.23. The second-order valence-corrected chi connectivity index (χ2v) is 6.11. The van der Waals surface area contributed by atoms with Crippen LogP contribution in [0.4, 0.5) is 5.69 Å². The number of hydrogen-bond donors (Lipinski definition) is 2. The Balaban J connectivity index is 2.19. The van der Waals surface area contributed by atoms with Gasteiger partial charge in [0, 0.05) is 14.7 Å². The molecule has 0 fully saturated rings. The minimum atomic E-state index is -0.216. The summed E-state index contributed by atoms with van der Waals surface area (Å²) in [7, 11) is 0. The molecule has 1 amide bonds. The fourth-order valence-corrected chi connectivity index (χ4v) is 2.28. The van der Waals surface area contributed by atoms with Crippen LogP contribution >= 0.6 is 46.4 Å². The molecule has 2 aromatic carbocycles. The summed E-state index contributed by atoms with van der Waals surface area (Å²) < 4.78 is 1.07. The van der Waals surface area contributed by atoms with Crippen LogP contribution in [0.2, 0.25) is 5.02 Å². The van der Waals surface area contributed by atoms with Crippen LogP contribution in [0.1, 0.15) is 15.9 Å². The van der Waals surface area contributed by atoms with E-state index in [2.05, 4.69) is 27.9 Å². The van der Waals surface area contributed by atoms with Crippen molar-refractivity contribution in [1.29, 1.82) is 0 Å². The lowest BCUT2D eigenvalue weighted by Gasteiger charge is -2.08. The van der Waals surface area contributed by atoms with Crippen molar-refractivity contribution in [3.05, 3.63) is 62.2 Å². The predicted octanol–water partition coefficient (Wildman–Crippen LogP) is 3.83. The van der Waals surface area contributed by atoms with Gasteiger partial charge < -0.3 is 11.1 Å². The maximum atomic E-state index is 12.1. The Kier molecular flexibility index (Phi) is 4.95. The van der Waals surface area contributed by atoms with E-state index in [0.717, 1.165) is 3.57 Å². The third-order valence-electron chi connectivity index (χ3n) is 2.61. The summed E-state index contributed by atoms with van der Waals surface area (Å²) >= 11 is 13.2. The van der Waals surface area contributed by atoms with Crippen LogP contribution in [-0.4, -0.2) is 10.9 Å². The maximum Gasteiger partial charge on any atom is 0.255 e. The zero-order chi connectivity index (χ0) is 14.7. The Labute approximate surface area is 140 Å². The second-order valence-electron chi connectivity index (χ2n) is 4.02. The standard InChI is InChI=1S/C14H10ClIN2OS/c15-11-7-9(13(17)20)3-6-12(11)18-14(19)8-1-4-10(16)5-2-8/h1-7H,(H2,17,20)(H,18,19). The minimum absolute atomic E-state index is 0.216. The molecule has 0 unspecified atom stereocenters. The Morgan fingerprint density at radius 3 is 2.30 bits per heavy atom. The van der Waals surface area contributed by atoms with E-state index in [9.17, 15) is 4.79 Å². The molecular weight excluding hydrogens is 407 g/mol. The molecule has 2 rings (SSSR count). The van der Waals surface area contributed by atoms with Crippen molar-refractivity contribution >= 4 is 63.0 Å². The van der Waals surface area contributed by atoms with E-state index in [-0.39, 0.29) is 10.9 Å². The van der Waals surface area contributed by atoms with Gasteiger partial charge in [-0.15, -0.1) is 0 Å². The van der Waals surface area contributed by atoms with Gasteiger partial charge in [0.05, 0.1) is 10.7 Å². The Morgan fingerprint density at radius 1 is 1.15 bits per heavy atom. The molecule has 0 heterocycles. The molecule has 0 aliphatic heterocycles. The summed E-state index contributed by atoms with van der Waals surface area (Å²) in [6.45, 7) is 0. The summed E-state index contributed by atoms with van der Waals surface area (Å²) in [6, 6.07) is 12.3. The molecule has 0 saturated carbocycles. The van der Waals surface area contributed by atoms with Crippen molar-refractivity contribution in [1.82, 2.24) is 0 Å². The number of carbonyl (C=O) groups is 1. The first-order valence-corrected chi connectivity index (χ1v) is 7.50. The number of benzene rings is 2. The number of amides is 1. The Morgan fingerprint density at radius 2 is 1.75 bits per heavy atom. The fourth-order valence-electron chi connectivity index (χ4n) is 1.57. The molecule has 3 nitrogen and oxygen atoms in total. The topological polar surface area (TPSA) is 55.1 Å². The minimum Gasteiger partial charge on any atom is -0.389 e. The van der Waals surface area contributed by atoms with Gasteiger partial charge in [0.1, 0.15) is 4.99 Å². The summed E-state index contributed by atoms with van der Waals surface area (Å²) in [4.78, 5) is 12.3. The van der Waals surface area contributed by atoms with E-state index in [4.69, 9.17) is 29.6 Å². The molecule has 0 atom stereocenters. The third-order valence-corrected chi connectivity index (χ3v) is 3.88. The van der Waals surface area contributed by atoms with Crippen LogP contribution < -0.4 is 11.1 Å². The van der Waals surface area contributed by atoms with Crippen molar-refractivity contribution in [2.45, 2.75) is 0 Å². The first kappa shape index (κ1) is 15.2. The Hall–Kier alpha value is -1.18. The van der Waals surface area contributed by atoms with E-state index in [1.165, 1.54) is 0 Å². The molecule has 2 aromatic rings. The summed E-state index contributed by atoms with van der Waals surface area (Å²) in [6.07, 6.45) is 0. The number of thiocarbonyl (C=S) groups is 1. The molecular formula is C14H10ClIN2OS. The molecule has 0 aliphatic rings. The van der Waals surface area contributed by atoms with E-state index < -0.39 is 0 Å². The molecule has 102 valence electrons. The third kappa shape index (κ3) is 3.68. The van der Waals surface area contributed by atoms with Crippen molar-refractivity contribution in [3.63, 3.8) is 0 Å². The van der Waals surface area contributed by atoms with Crippen molar-refractivity contribution < 1.29 is 4.79 Å². The van der Waals surface area contributed by atoms with Gasteiger partial charge in [-0.25, -0.2) is 0 Å². The Bertz CT molecular complexity index is 673. The van der Waals surface area contributed by atoms with Crippen molar-refractivity contribution in [2.75, 3.05) is 5.32 Å². The van der Waals surface area contributed by atoms with E-state index in [0.29, 0.717) is 21.8 Å². The van der Waals surface area contributed by atoms with Crippen LogP contribution in [0.25, 0.3) is 0 Å². The highest BCUT2D eigenvalue weighted by molar-refractivity contribution is 14.1. The van der Waals surface area contributed by atoms with Crippen LogP contribution in [0.15, 0.2) is 42.5 Å². The highest BCUT2D eigenvalue weighted by Gasteiger charge is 2.09. The van der Waals surface area contributed by atoms with Gasteiger partial charge in [-0.05, 0) is 65.1 Å². The fraction of sp³-hybridized carbons (Fsp3) is 0. The molecule has 0 aromatic heterocycles. The van der Waals surface area contributed by atoms with Gasteiger partial charge in [-0.2, -0.15) is 0 Å². The van der Waals surface area contributed by atoms with Gasteiger partial charge in [0.25, 0.3) is 5.91 Å². The zero-order valence-corrected chi connectivity index (χ0v) is 13.9. The molecule has 0 spiro atoms. The zero-order valence-electron chi connectivity index (χ0n) is 10.2. The number of rotatable bonds is 3. The van der Waals surface area contributed by atoms with Crippen LogP contribution in [0.5, 0.6) is 0 Å². The molecule has 0 aliphatic carbocycles. The molecule has 20 heavy (non-hydrogen) atoms. The SMILES string of the molecule is NC(=S)c1ccc(NC(=O)c2ccc(I)cc2)c(Cl)c1. The highest BCUT2D eigenvalue weighted by atomic mass is 127. The average Bonchev–Trinajstić information content (AvgIpc) is 2.41. The lowest BCUT2D eigenvalue weighted by molar-refractivity contribution is 0.102. The summed E-state index contributed by atoms with van der Waals surface area (Å²) in [5, 5.41) is 3.15. The number of hydrogen-bond acceptors (Lipinski definition) is 2. The number of nitrogens with one attached hydrogen (secondary N) is 1. The van der Waals surface area contributed by atoms with Crippen LogP contribution in [0, 0.1) is 3.57 Å². The van der Waals surface area contributed by atoms with E-state index in [1.807, 2.05) is 12.1 Å². The lowest BCUT2D eigenvalue weighted by atomic mass is 10.2. The monoisotopic (exact) mass is 416 g/mol. The largest absolute Gasteiger partial charge is 0.389 e. The first-order chi connectivity index (χ1) is 9.47. The van der Waals surface area contributed by atoms with Crippen molar-refractivity contribution in [2.24, 2.45) is 5.73 Å². The smallest absolute Gasteiger partial charge is 0.255 e. The van der Waals surface area contributed by atoms with Crippen LogP contribution in [-0.2, 0) is 0 Å². The average molecular weight is 417 g/mol. The number of anilines is 1. The van der Waals surface area contributed by atoms with Crippen molar-refractivity contribution in [3.8, 4) is 0 Å². The summed E-state index contributed by atoms with van der Waals surface area (Å²) in [5.74, 6) is -0.216. The predicted molar refractivity (Wildman–Crippen MR) is 94.5 cm³/mol. The van der Waals surface area contributed by atoms with E-state index in [1.54, 1.807) is 30.3 Å². The molecule has 0 saturated heterocycles. The quantitative estimate of drug-likeness (QED) is 0.591.